The topological polar surface area (TPSA) is 0 Å². The van der Waals surface area contributed by atoms with Gasteiger partial charge >= 0.3 is 0 Å². The van der Waals surface area contributed by atoms with Gasteiger partial charge in [-0.2, -0.15) is 0 Å². The van der Waals surface area contributed by atoms with Gasteiger partial charge in [-0.1, -0.05) is 20.3 Å². The van der Waals surface area contributed by atoms with Crippen molar-refractivity contribution in [1.82, 2.24) is 0 Å². The van der Waals surface area contributed by atoms with Crippen molar-refractivity contribution in [1.29, 1.82) is 0 Å². The summed E-state index contributed by atoms with van der Waals surface area (Å²) in [6.45, 7) is 15.3. The van der Waals surface area contributed by atoms with Gasteiger partial charge < -0.3 is 0 Å². The highest BCUT2D eigenvalue weighted by Gasteiger charge is 2.17. The van der Waals surface area contributed by atoms with Crippen molar-refractivity contribution in [3.63, 3.8) is 0 Å². The summed E-state index contributed by atoms with van der Waals surface area (Å²) in [5.41, 5.74) is 0.189. The number of rotatable bonds is 4. The zero-order chi connectivity index (χ0) is 7.33. The highest BCUT2D eigenvalue weighted by Crippen LogP contribution is 2.29. The molecular weight excluding hydrogens is 108 g/mol. The maximum Gasteiger partial charge on any atom is -0.0320 e. The second kappa shape index (κ2) is 3.92. The molecule has 0 saturated heterocycles. The van der Waals surface area contributed by atoms with E-state index in [0.29, 0.717) is 12.8 Å². The molecule has 0 aliphatic heterocycles. The quantitative estimate of drug-likeness (QED) is 0.540. The van der Waals surface area contributed by atoms with E-state index in [4.69, 9.17) is 13.8 Å². The van der Waals surface area contributed by atoms with Crippen molar-refractivity contribution >= 4 is 0 Å². The Morgan fingerprint density at radius 2 is 1.67 bits per heavy atom. The summed E-state index contributed by atoms with van der Waals surface area (Å²) in [5, 5.41) is 0. The van der Waals surface area contributed by atoms with Crippen LogP contribution in [0.1, 0.15) is 39.5 Å². The minimum Gasteiger partial charge on any atom is -0.0654 e. The lowest BCUT2D eigenvalue weighted by atomic mass is 9.81. The van der Waals surface area contributed by atoms with E-state index in [1.54, 1.807) is 0 Å². The maximum absolute atomic E-state index is 5.52. The normalized spacial score (nSPS) is 12.0. The monoisotopic (exact) mass is 124 g/mol. The summed E-state index contributed by atoms with van der Waals surface area (Å²) in [7, 11) is 0. The predicted octanol–water partition coefficient (Wildman–Crippen LogP) is 3.00. The molecule has 0 saturated carbocycles. The first kappa shape index (κ1) is 9.00. The molecule has 52 valence electrons. The SMILES string of the molecule is [CH]CC(C)(C[CH])CCC. The summed E-state index contributed by atoms with van der Waals surface area (Å²) in [6, 6.07) is 0. The van der Waals surface area contributed by atoms with Crippen molar-refractivity contribution in [2.75, 3.05) is 0 Å². The lowest BCUT2D eigenvalue weighted by Gasteiger charge is -2.25. The van der Waals surface area contributed by atoms with Gasteiger partial charge in [0.15, 0.2) is 0 Å². The molecule has 0 aromatic heterocycles. The van der Waals surface area contributed by atoms with Crippen LogP contribution in [0.2, 0.25) is 0 Å². The summed E-state index contributed by atoms with van der Waals surface area (Å²) in [6.07, 6.45) is 3.72. The van der Waals surface area contributed by atoms with Gasteiger partial charge in [0.2, 0.25) is 0 Å². The predicted molar refractivity (Wildman–Crippen MR) is 40.8 cm³/mol. The van der Waals surface area contributed by atoms with Gasteiger partial charge in [0.1, 0.15) is 0 Å². The molecule has 0 amide bonds. The highest BCUT2D eigenvalue weighted by atomic mass is 14.2. The molecule has 0 aromatic carbocycles. The first-order valence-corrected chi connectivity index (χ1v) is 3.58. The van der Waals surface area contributed by atoms with Crippen molar-refractivity contribution in [2.24, 2.45) is 5.41 Å². The largest absolute Gasteiger partial charge is 0.0654 e. The van der Waals surface area contributed by atoms with E-state index < -0.39 is 0 Å². The lowest BCUT2D eigenvalue weighted by molar-refractivity contribution is 0.298. The van der Waals surface area contributed by atoms with E-state index in [1.807, 2.05) is 0 Å². The fourth-order valence-electron chi connectivity index (χ4n) is 0.891. The second-order valence-electron chi connectivity index (χ2n) is 2.97. The molecule has 0 heterocycles. The molecule has 0 bridgehead atoms. The highest BCUT2D eigenvalue weighted by molar-refractivity contribution is 4.75. The smallest absolute Gasteiger partial charge is 0.0320 e. The first-order chi connectivity index (χ1) is 4.18. The van der Waals surface area contributed by atoms with Crippen LogP contribution in [0, 0.1) is 19.3 Å². The van der Waals surface area contributed by atoms with E-state index in [-0.39, 0.29) is 5.41 Å². The van der Waals surface area contributed by atoms with E-state index >= 15 is 0 Å². The Morgan fingerprint density at radius 1 is 1.22 bits per heavy atom. The molecule has 0 rings (SSSR count). The Bertz CT molecular complexity index is 60.4. The van der Waals surface area contributed by atoms with Crippen LogP contribution in [-0.2, 0) is 0 Å². The van der Waals surface area contributed by atoms with Crippen LogP contribution in [0.4, 0.5) is 0 Å². The molecule has 0 atom stereocenters. The van der Waals surface area contributed by atoms with Crippen molar-refractivity contribution in [2.45, 2.75) is 39.5 Å². The minimum absolute atomic E-state index is 0.189. The Hall–Kier alpha value is 0. The summed E-state index contributed by atoms with van der Waals surface area (Å²) < 4.78 is 0. The molecule has 0 fully saturated rings. The van der Waals surface area contributed by atoms with Crippen molar-refractivity contribution < 1.29 is 0 Å². The Labute approximate surface area is 59.7 Å². The Morgan fingerprint density at radius 3 is 1.78 bits per heavy atom. The zero-order valence-corrected chi connectivity index (χ0v) is 6.48. The zero-order valence-electron chi connectivity index (χ0n) is 6.48. The van der Waals surface area contributed by atoms with E-state index in [0.717, 1.165) is 6.42 Å². The Balaban J connectivity index is 3.62. The van der Waals surface area contributed by atoms with Gasteiger partial charge in [0.05, 0.1) is 0 Å². The lowest BCUT2D eigenvalue weighted by Crippen LogP contribution is -2.12. The molecule has 0 heteroatoms. The van der Waals surface area contributed by atoms with Crippen molar-refractivity contribution in [3.8, 4) is 0 Å². The molecule has 0 aliphatic rings. The molecule has 9 heavy (non-hydrogen) atoms. The van der Waals surface area contributed by atoms with Gasteiger partial charge in [0, 0.05) is 0 Å². The molecule has 0 N–H and O–H groups in total. The van der Waals surface area contributed by atoms with E-state index in [1.165, 1.54) is 6.42 Å². The number of hydrogen-bond acceptors (Lipinski definition) is 0. The van der Waals surface area contributed by atoms with Crippen LogP contribution in [0.25, 0.3) is 0 Å². The minimum atomic E-state index is 0.189. The van der Waals surface area contributed by atoms with Crippen molar-refractivity contribution in [3.05, 3.63) is 13.8 Å². The van der Waals surface area contributed by atoms with Gasteiger partial charge in [-0.25, -0.2) is 0 Å². The second-order valence-corrected chi connectivity index (χ2v) is 2.97. The third-order valence-electron chi connectivity index (χ3n) is 1.84. The molecular formula is C9H16. The molecule has 4 radical (unpaired) electrons. The van der Waals surface area contributed by atoms with Crippen LogP contribution < -0.4 is 0 Å². The summed E-state index contributed by atoms with van der Waals surface area (Å²) in [4.78, 5) is 0. The fraction of sp³-hybridized carbons (Fsp3) is 0.778. The van der Waals surface area contributed by atoms with Gasteiger partial charge in [-0.05, 0) is 38.5 Å². The van der Waals surface area contributed by atoms with Crippen LogP contribution >= 0.6 is 0 Å². The van der Waals surface area contributed by atoms with Gasteiger partial charge in [-0.15, -0.1) is 0 Å². The molecule has 0 unspecified atom stereocenters. The van der Waals surface area contributed by atoms with Crippen LogP contribution in [0.3, 0.4) is 0 Å². The molecule has 0 nitrogen and oxygen atoms in total. The average molecular weight is 124 g/mol. The Kier molecular flexibility index (Phi) is 3.92. The molecule has 0 spiro atoms. The van der Waals surface area contributed by atoms with E-state index in [9.17, 15) is 0 Å². The van der Waals surface area contributed by atoms with Crippen LogP contribution in [-0.4, -0.2) is 0 Å². The van der Waals surface area contributed by atoms with Gasteiger partial charge in [-0.3, -0.25) is 0 Å². The third kappa shape index (κ3) is 2.88. The van der Waals surface area contributed by atoms with Crippen LogP contribution in [0.5, 0.6) is 0 Å². The third-order valence-corrected chi connectivity index (χ3v) is 1.84. The summed E-state index contributed by atoms with van der Waals surface area (Å²) >= 11 is 0. The standard InChI is InChI=1S/C9H16/c1-5-8-9(4,6-2)7-3/h2-3H,5-8H2,1,4H3. The first-order valence-electron chi connectivity index (χ1n) is 3.58. The number of hydrogen-bond donors (Lipinski definition) is 0. The maximum atomic E-state index is 5.52. The summed E-state index contributed by atoms with van der Waals surface area (Å²) in [5.74, 6) is 0. The molecule has 0 aromatic rings. The van der Waals surface area contributed by atoms with Crippen LogP contribution in [0.15, 0.2) is 0 Å². The molecule has 0 aliphatic carbocycles. The fourth-order valence-corrected chi connectivity index (χ4v) is 0.891. The van der Waals surface area contributed by atoms with E-state index in [2.05, 4.69) is 13.8 Å². The van der Waals surface area contributed by atoms with Gasteiger partial charge in [0.25, 0.3) is 0 Å². The average Bonchev–Trinajstić information content (AvgIpc) is 1.89.